The highest BCUT2D eigenvalue weighted by molar-refractivity contribution is 6.28. The van der Waals surface area contributed by atoms with E-state index in [1.165, 1.54) is 6.92 Å². The number of hydrogen-bond donors (Lipinski definition) is 0. The Kier molecular flexibility index (Phi) is 3.62. The van der Waals surface area contributed by atoms with Crippen LogP contribution in [0.4, 0.5) is 5.69 Å². The highest BCUT2D eigenvalue weighted by Crippen LogP contribution is 2.32. The van der Waals surface area contributed by atoms with Crippen LogP contribution < -0.4 is 4.74 Å². The number of nitro groups is 1. The predicted octanol–water partition coefficient (Wildman–Crippen LogP) is 3.45. The fourth-order valence-corrected chi connectivity index (χ4v) is 1.71. The largest absolute Gasteiger partial charge is 0.434 e. The van der Waals surface area contributed by atoms with Gasteiger partial charge in [0.15, 0.2) is 0 Å². The summed E-state index contributed by atoms with van der Waals surface area (Å²) in [6, 6.07) is 7.06. The van der Waals surface area contributed by atoms with Gasteiger partial charge in [0.25, 0.3) is 0 Å². The molecule has 1 heterocycles. The quantitative estimate of drug-likeness (QED) is 0.488. The Labute approximate surface area is 114 Å². The molecular weight excluding hydrogens is 270 g/mol. The molecule has 0 radical (unpaired) electrons. The summed E-state index contributed by atoms with van der Waals surface area (Å²) in [5, 5.41) is 10.9. The van der Waals surface area contributed by atoms with Gasteiger partial charge in [-0.1, -0.05) is 17.7 Å². The third-order valence-corrected chi connectivity index (χ3v) is 2.59. The molecule has 0 saturated carbocycles. The van der Waals surface area contributed by atoms with E-state index in [4.69, 9.17) is 16.3 Å². The molecule has 0 unspecified atom stereocenters. The van der Waals surface area contributed by atoms with Gasteiger partial charge in [0.05, 0.1) is 4.92 Å². The van der Waals surface area contributed by atoms with Crippen LogP contribution in [0.15, 0.2) is 24.3 Å². The molecule has 0 fully saturated rings. The zero-order valence-corrected chi connectivity index (χ0v) is 11.0. The van der Waals surface area contributed by atoms with Crippen LogP contribution in [-0.4, -0.2) is 14.9 Å². The van der Waals surface area contributed by atoms with Gasteiger partial charge in [-0.15, -0.1) is 0 Å². The van der Waals surface area contributed by atoms with Gasteiger partial charge < -0.3 is 4.74 Å². The Morgan fingerprint density at radius 2 is 1.84 bits per heavy atom. The van der Waals surface area contributed by atoms with Crippen molar-refractivity contribution in [2.24, 2.45) is 0 Å². The van der Waals surface area contributed by atoms with Crippen LogP contribution in [0.1, 0.15) is 11.3 Å². The molecule has 0 amide bonds. The number of nitrogens with zero attached hydrogens (tertiary/aromatic N) is 3. The first kappa shape index (κ1) is 13.2. The standard InChI is InChI=1S/C12H10ClN3O3/c1-7-3-5-9(6-4-7)19-11-10(16(17)18)8(2)14-12(13)15-11/h3-6H,1-2H3. The highest BCUT2D eigenvalue weighted by atomic mass is 35.5. The van der Waals surface area contributed by atoms with Gasteiger partial charge >= 0.3 is 11.6 Å². The number of halogens is 1. The summed E-state index contributed by atoms with van der Waals surface area (Å²) in [6.07, 6.45) is 0. The fraction of sp³-hybridized carbons (Fsp3) is 0.167. The van der Waals surface area contributed by atoms with Crippen molar-refractivity contribution in [3.63, 3.8) is 0 Å². The van der Waals surface area contributed by atoms with Crippen LogP contribution in [0.3, 0.4) is 0 Å². The fourth-order valence-electron chi connectivity index (χ4n) is 1.51. The second-order valence-corrected chi connectivity index (χ2v) is 4.24. The number of ether oxygens (including phenoxy) is 1. The minimum absolute atomic E-state index is 0.0924. The van der Waals surface area contributed by atoms with Crippen LogP contribution in [0.25, 0.3) is 0 Å². The molecule has 98 valence electrons. The maximum absolute atomic E-state index is 11.0. The maximum atomic E-state index is 11.0. The summed E-state index contributed by atoms with van der Waals surface area (Å²) < 4.78 is 5.41. The van der Waals surface area contributed by atoms with E-state index in [0.717, 1.165) is 5.56 Å². The minimum atomic E-state index is -0.588. The molecule has 7 heteroatoms. The smallest absolute Gasteiger partial charge is 0.352 e. The molecule has 0 bridgehead atoms. The van der Waals surface area contributed by atoms with Crippen molar-refractivity contribution in [3.05, 3.63) is 50.9 Å². The average Bonchev–Trinajstić information content (AvgIpc) is 2.30. The van der Waals surface area contributed by atoms with Crippen molar-refractivity contribution in [3.8, 4) is 11.6 Å². The summed E-state index contributed by atoms with van der Waals surface area (Å²) >= 11 is 5.69. The molecule has 2 rings (SSSR count). The second-order valence-electron chi connectivity index (χ2n) is 3.90. The van der Waals surface area contributed by atoms with Gasteiger partial charge in [0, 0.05) is 0 Å². The predicted molar refractivity (Wildman–Crippen MR) is 69.7 cm³/mol. The molecular formula is C12H10ClN3O3. The normalized spacial score (nSPS) is 10.3. The zero-order chi connectivity index (χ0) is 14.0. The molecule has 1 aromatic heterocycles. The lowest BCUT2D eigenvalue weighted by atomic mass is 10.2. The number of aromatic nitrogens is 2. The lowest BCUT2D eigenvalue weighted by Gasteiger charge is -2.07. The minimum Gasteiger partial charge on any atom is -0.434 e. The van der Waals surface area contributed by atoms with Crippen LogP contribution in [0.5, 0.6) is 11.6 Å². The van der Waals surface area contributed by atoms with E-state index in [2.05, 4.69) is 9.97 Å². The summed E-state index contributed by atoms with van der Waals surface area (Å²) in [5.74, 6) is 0.286. The van der Waals surface area contributed by atoms with Gasteiger partial charge in [-0.25, -0.2) is 4.98 Å². The Morgan fingerprint density at radius 1 is 1.21 bits per heavy atom. The average molecular weight is 280 g/mol. The van der Waals surface area contributed by atoms with Crippen LogP contribution in [0, 0.1) is 24.0 Å². The lowest BCUT2D eigenvalue weighted by molar-refractivity contribution is -0.386. The van der Waals surface area contributed by atoms with Crippen molar-refractivity contribution in [1.82, 2.24) is 9.97 Å². The van der Waals surface area contributed by atoms with Gasteiger partial charge in [0.2, 0.25) is 5.28 Å². The van der Waals surface area contributed by atoms with Gasteiger partial charge in [0.1, 0.15) is 11.4 Å². The summed E-state index contributed by atoms with van der Waals surface area (Å²) in [6.45, 7) is 3.41. The SMILES string of the molecule is Cc1ccc(Oc2nc(Cl)nc(C)c2[N+](=O)[O-])cc1. The highest BCUT2D eigenvalue weighted by Gasteiger charge is 2.23. The monoisotopic (exact) mass is 279 g/mol. The molecule has 19 heavy (non-hydrogen) atoms. The first-order valence-electron chi connectivity index (χ1n) is 5.40. The number of aryl methyl sites for hydroxylation is 2. The first-order valence-corrected chi connectivity index (χ1v) is 5.78. The van der Waals surface area contributed by atoms with E-state index in [9.17, 15) is 10.1 Å². The van der Waals surface area contributed by atoms with Crippen molar-refractivity contribution < 1.29 is 9.66 Å². The summed E-state index contributed by atoms with van der Waals surface area (Å²) in [4.78, 5) is 17.9. The van der Waals surface area contributed by atoms with E-state index in [0.29, 0.717) is 5.75 Å². The number of rotatable bonds is 3. The summed E-state index contributed by atoms with van der Waals surface area (Å²) in [5.41, 5.74) is 0.927. The Hall–Kier alpha value is -2.21. The topological polar surface area (TPSA) is 78.2 Å². The molecule has 0 aliphatic carbocycles. The van der Waals surface area contributed by atoms with E-state index in [-0.39, 0.29) is 22.5 Å². The van der Waals surface area contributed by atoms with Crippen molar-refractivity contribution >= 4 is 17.3 Å². The maximum Gasteiger partial charge on any atom is 0.352 e. The molecule has 0 aliphatic heterocycles. The van der Waals surface area contributed by atoms with E-state index in [1.807, 2.05) is 19.1 Å². The number of hydrogen-bond acceptors (Lipinski definition) is 5. The van der Waals surface area contributed by atoms with E-state index < -0.39 is 4.92 Å². The van der Waals surface area contributed by atoms with Crippen LogP contribution >= 0.6 is 11.6 Å². The third-order valence-electron chi connectivity index (χ3n) is 2.42. The Morgan fingerprint density at radius 3 is 2.42 bits per heavy atom. The molecule has 0 saturated heterocycles. The van der Waals surface area contributed by atoms with Crippen LogP contribution in [-0.2, 0) is 0 Å². The number of benzene rings is 1. The van der Waals surface area contributed by atoms with Gasteiger partial charge in [-0.3, -0.25) is 10.1 Å². The van der Waals surface area contributed by atoms with E-state index in [1.54, 1.807) is 12.1 Å². The van der Waals surface area contributed by atoms with Crippen LogP contribution in [0.2, 0.25) is 5.28 Å². The molecule has 6 nitrogen and oxygen atoms in total. The molecule has 0 aliphatic rings. The molecule has 1 aromatic carbocycles. The van der Waals surface area contributed by atoms with Gasteiger partial charge in [-0.05, 0) is 37.6 Å². The molecule has 0 N–H and O–H groups in total. The Bertz CT molecular complexity index is 629. The first-order chi connectivity index (χ1) is 8.97. The third kappa shape index (κ3) is 2.97. The van der Waals surface area contributed by atoms with E-state index >= 15 is 0 Å². The second kappa shape index (κ2) is 5.19. The lowest BCUT2D eigenvalue weighted by Crippen LogP contribution is -2.01. The van der Waals surface area contributed by atoms with Crippen molar-refractivity contribution in [2.75, 3.05) is 0 Å². The molecule has 0 spiro atoms. The summed E-state index contributed by atoms with van der Waals surface area (Å²) in [7, 11) is 0. The zero-order valence-electron chi connectivity index (χ0n) is 10.3. The van der Waals surface area contributed by atoms with Gasteiger partial charge in [-0.2, -0.15) is 4.98 Å². The Balaban J connectivity index is 2.44. The molecule has 2 aromatic rings. The van der Waals surface area contributed by atoms with Crippen molar-refractivity contribution in [1.29, 1.82) is 0 Å². The molecule has 0 atom stereocenters. The van der Waals surface area contributed by atoms with Crippen molar-refractivity contribution in [2.45, 2.75) is 13.8 Å².